The quantitative estimate of drug-likeness (QED) is 0.856. The number of carbonyl (C=O) groups is 1. The number of para-hydroxylation sites is 1. The van der Waals surface area contributed by atoms with Crippen LogP contribution in [0.2, 0.25) is 0 Å². The van der Waals surface area contributed by atoms with Crippen LogP contribution >= 0.6 is 0 Å². The van der Waals surface area contributed by atoms with Gasteiger partial charge in [-0.15, -0.1) is 0 Å². The molecule has 2 N–H and O–H groups in total. The van der Waals surface area contributed by atoms with E-state index in [9.17, 15) is 4.79 Å². The predicted molar refractivity (Wildman–Crippen MR) is 76.1 cm³/mol. The van der Waals surface area contributed by atoms with Crippen LogP contribution in [0, 0.1) is 0 Å². The van der Waals surface area contributed by atoms with Gasteiger partial charge in [-0.25, -0.2) is 4.79 Å². The summed E-state index contributed by atoms with van der Waals surface area (Å²) < 4.78 is 4.98. The number of hydrogen-bond donors (Lipinski definition) is 1. The van der Waals surface area contributed by atoms with Crippen LogP contribution in [0.15, 0.2) is 24.4 Å². The van der Waals surface area contributed by atoms with E-state index in [-0.39, 0.29) is 0 Å². The molecule has 2 aromatic rings. The van der Waals surface area contributed by atoms with Crippen molar-refractivity contribution in [3.63, 3.8) is 0 Å². The minimum Gasteiger partial charge on any atom is -0.462 e. The Labute approximate surface area is 112 Å². The molecule has 0 saturated carbocycles. The second-order valence-electron chi connectivity index (χ2n) is 4.37. The average Bonchev–Trinajstić information content (AvgIpc) is 2.40. The van der Waals surface area contributed by atoms with E-state index in [1.165, 1.54) is 6.20 Å². The molecule has 0 aliphatic rings. The van der Waals surface area contributed by atoms with Gasteiger partial charge in [0.05, 0.1) is 17.8 Å². The molecule has 0 amide bonds. The van der Waals surface area contributed by atoms with E-state index in [0.29, 0.717) is 17.9 Å². The van der Waals surface area contributed by atoms with Crippen molar-refractivity contribution in [2.24, 2.45) is 0 Å². The molecule has 0 spiro atoms. The SMILES string of the molecule is CCCc1cccc2c(N)c(C(=O)OCC)cnc12. The lowest BCUT2D eigenvalue weighted by atomic mass is 10.0. The fourth-order valence-corrected chi connectivity index (χ4v) is 2.15. The van der Waals surface area contributed by atoms with Crippen LogP contribution in [0.4, 0.5) is 5.69 Å². The third-order valence-electron chi connectivity index (χ3n) is 3.04. The Bertz CT molecular complexity index is 608. The van der Waals surface area contributed by atoms with Crippen molar-refractivity contribution < 1.29 is 9.53 Å². The minimum atomic E-state index is -0.421. The molecule has 2 rings (SSSR count). The Kier molecular flexibility index (Phi) is 4.00. The van der Waals surface area contributed by atoms with Crippen molar-refractivity contribution >= 4 is 22.6 Å². The topological polar surface area (TPSA) is 65.2 Å². The highest BCUT2D eigenvalue weighted by Gasteiger charge is 2.15. The molecular formula is C15H18N2O2. The summed E-state index contributed by atoms with van der Waals surface area (Å²) in [6.07, 6.45) is 3.50. The number of nitrogen functional groups attached to an aromatic ring is 1. The van der Waals surface area contributed by atoms with Crippen LogP contribution in [0.3, 0.4) is 0 Å². The number of aryl methyl sites for hydroxylation is 1. The summed E-state index contributed by atoms with van der Waals surface area (Å²) >= 11 is 0. The summed E-state index contributed by atoms with van der Waals surface area (Å²) in [6, 6.07) is 5.88. The highest BCUT2D eigenvalue weighted by Crippen LogP contribution is 2.26. The second kappa shape index (κ2) is 5.69. The molecule has 4 nitrogen and oxygen atoms in total. The van der Waals surface area contributed by atoms with E-state index in [2.05, 4.69) is 11.9 Å². The maximum absolute atomic E-state index is 11.8. The van der Waals surface area contributed by atoms with Crippen molar-refractivity contribution in [3.05, 3.63) is 35.5 Å². The number of hydrogen-bond acceptors (Lipinski definition) is 4. The molecule has 0 unspecified atom stereocenters. The molecule has 1 heterocycles. The molecule has 0 aliphatic heterocycles. The van der Waals surface area contributed by atoms with Gasteiger partial charge in [0.15, 0.2) is 0 Å². The Morgan fingerprint density at radius 1 is 1.37 bits per heavy atom. The van der Waals surface area contributed by atoms with Gasteiger partial charge in [-0.1, -0.05) is 31.5 Å². The molecule has 1 aromatic heterocycles. The largest absolute Gasteiger partial charge is 0.462 e. The summed E-state index contributed by atoms with van der Waals surface area (Å²) in [5.74, 6) is -0.421. The molecule has 0 fully saturated rings. The van der Waals surface area contributed by atoms with E-state index >= 15 is 0 Å². The average molecular weight is 258 g/mol. The zero-order valence-corrected chi connectivity index (χ0v) is 11.3. The molecule has 0 radical (unpaired) electrons. The number of aromatic nitrogens is 1. The molecule has 0 saturated heterocycles. The summed E-state index contributed by atoms with van der Waals surface area (Å²) in [5.41, 5.74) is 8.88. The molecule has 19 heavy (non-hydrogen) atoms. The summed E-state index contributed by atoms with van der Waals surface area (Å²) in [6.45, 7) is 4.21. The van der Waals surface area contributed by atoms with Crippen molar-refractivity contribution in [1.82, 2.24) is 4.98 Å². The standard InChI is InChI=1S/C15H18N2O2/c1-3-6-10-7-5-8-11-13(16)12(9-17-14(10)11)15(18)19-4-2/h5,7-9H,3-4,6H2,1-2H3,(H2,16,17). The monoisotopic (exact) mass is 258 g/mol. The molecule has 1 aromatic carbocycles. The van der Waals surface area contributed by atoms with Crippen LogP contribution < -0.4 is 5.73 Å². The van der Waals surface area contributed by atoms with Crippen LogP contribution in [-0.2, 0) is 11.2 Å². The second-order valence-corrected chi connectivity index (χ2v) is 4.37. The Morgan fingerprint density at radius 3 is 2.84 bits per heavy atom. The van der Waals surface area contributed by atoms with Crippen LogP contribution in [0.1, 0.15) is 36.2 Å². The molecule has 0 aliphatic carbocycles. The number of nitrogens with two attached hydrogens (primary N) is 1. The number of fused-ring (bicyclic) bond motifs is 1. The summed E-state index contributed by atoms with van der Waals surface area (Å²) in [5, 5.41) is 0.816. The van der Waals surface area contributed by atoms with Gasteiger partial charge in [0.1, 0.15) is 5.56 Å². The first-order valence-corrected chi connectivity index (χ1v) is 6.52. The summed E-state index contributed by atoms with van der Waals surface area (Å²) in [7, 11) is 0. The fourth-order valence-electron chi connectivity index (χ4n) is 2.15. The van der Waals surface area contributed by atoms with Gasteiger partial charge >= 0.3 is 5.97 Å². The third-order valence-corrected chi connectivity index (χ3v) is 3.04. The van der Waals surface area contributed by atoms with Crippen molar-refractivity contribution in [2.45, 2.75) is 26.7 Å². The normalized spacial score (nSPS) is 10.6. The van der Waals surface area contributed by atoms with Crippen LogP contribution in [0.25, 0.3) is 10.9 Å². The smallest absolute Gasteiger partial charge is 0.341 e. The zero-order chi connectivity index (χ0) is 13.8. The van der Waals surface area contributed by atoms with E-state index in [4.69, 9.17) is 10.5 Å². The minimum absolute atomic E-state index is 0.326. The number of anilines is 1. The van der Waals surface area contributed by atoms with Crippen molar-refractivity contribution in [2.75, 3.05) is 12.3 Å². The Morgan fingerprint density at radius 2 is 2.16 bits per heavy atom. The van der Waals surface area contributed by atoms with E-state index < -0.39 is 5.97 Å². The van der Waals surface area contributed by atoms with Crippen molar-refractivity contribution in [3.8, 4) is 0 Å². The zero-order valence-electron chi connectivity index (χ0n) is 11.3. The number of rotatable bonds is 4. The summed E-state index contributed by atoms with van der Waals surface area (Å²) in [4.78, 5) is 16.2. The lowest BCUT2D eigenvalue weighted by Crippen LogP contribution is -2.09. The maximum atomic E-state index is 11.8. The van der Waals surface area contributed by atoms with Gasteiger partial charge in [0.25, 0.3) is 0 Å². The number of ether oxygens (including phenoxy) is 1. The number of esters is 1. The van der Waals surface area contributed by atoms with Gasteiger partial charge in [-0.2, -0.15) is 0 Å². The molecule has 4 heteroatoms. The van der Waals surface area contributed by atoms with Gasteiger partial charge in [-0.05, 0) is 18.9 Å². The van der Waals surface area contributed by atoms with E-state index in [1.807, 2.05) is 18.2 Å². The lowest BCUT2D eigenvalue weighted by Gasteiger charge is -2.10. The molecular weight excluding hydrogens is 240 g/mol. The number of nitrogens with zero attached hydrogens (tertiary/aromatic N) is 1. The van der Waals surface area contributed by atoms with Gasteiger partial charge < -0.3 is 10.5 Å². The number of benzene rings is 1. The van der Waals surface area contributed by atoms with E-state index in [0.717, 1.165) is 29.3 Å². The Hall–Kier alpha value is -2.10. The van der Waals surface area contributed by atoms with Gasteiger partial charge in [-0.3, -0.25) is 4.98 Å². The predicted octanol–water partition coefficient (Wildman–Crippen LogP) is 2.95. The maximum Gasteiger partial charge on any atom is 0.341 e. The highest BCUT2D eigenvalue weighted by molar-refractivity contribution is 6.04. The number of pyridine rings is 1. The first-order valence-electron chi connectivity index (χ1n) is 6.52. The molecule has 100 valence electrons. The first kappa shape index (κ1) is 13.3. The Balaban J connectivity index is 2.56. The fraction of sp³-hybridized carbons (Fsp3) is 0.333. The highest BCUT2D eigenvalue weighted by atomic mass is 16.5. The first-order chi connectivity index (χ1) is 9.19. The third kappa shape index (κ3) is 2.52. The van der Waals surface area contributed by atoms with Crippen molar-refractivity contribution in [1.29, 1.82) is 0 Å². The lowest BCUT2D eigenvalue weighted by molar-refractivity contribution is 0.0527. The van der Waals surface area contributed by atoms with E-state index in [1.54, 1.807) is 6.92 Å². The van der Waals surface area contributed by atoms with Gasteiger partial charge in [0.2, 0.25) is 0 Å². The van der Waals surface area contributed by atoms with Crippen LogP contribution in [0.5, 0.6) is 0 Å². The van der Waals surface area contributed by atoms with Gasteiger partial charge in [0, 0.05) is 11.6 Å². The number of carbonyl (C=O) groups excluding carboxylic acids is 1. The van der Waals surface area contributed by atoms with Crippen LogP contribution in [-0.4, -0.2) is 17.6 Å². The molecule has 0 atom stereocenters. The molecule has 0 bridgehead atoms.